The number of morpholine rings is 1. The molecule has 1 amide bonds. The Morgan fingerprint density at radius 3 is 2.69 bits per heavy atom. The molecule has 0 saturated carbocycles. The molecule has 1 N–H and O–H groups in total. The topological polar surface area (TPSA) is 85.2 Å². The van der Waals surface area contributed by atoms with E-state index in [4.69, 9.17) is 4.74 Å². The molecular weight excluding hydrogens is 368 g/mol. The van der Waals surface area contributed by atoms with E-state index in [2.05, 4.69) is 25.2 Å². The van der Waals surface area contributed by atoms with Crippen molar-refractivity contribution in [2.24, 2.45) is 7.05 Å². The normalized spacial score (nSPS) is 14.0. The smallest absolute Gasteiger partial charge is 0.267 e. The van der Waals surface area contributed by atoms with E-state index >= 15 is 0 Å². The van der Waals surface area contributed by atoms with Gasteiger partial charge >= 0.3 is 0 Å². The molecule has 1 aliphatic rings. The average molecular weight is 392 g/mol. The monoisotopic (exact) mass is 392 g/mol. The standard InChI is InChI=1S/C21H24N6O2/c1-26-15-17(18-13-24-21(25-14-18)27-7-9-29-10-8-27)11-19(26)20(28)23-6-4-16-3-2-5-22-12-16/h2-3,5,11-15H,4,6-10H2,1H3,(H,23,28). The molecule has 3 aromatic rings. The number of carbonyl (C=O) groups excluding carboxylic acids is 1. The first-order chi connectivity index (χ1) is 14.2. The summed E-state index contributed by atoms with van der Waals surface area (Å²) in [5.41, 5.74) is 3.49. The molecule has 1 fully saturated rings. The van der Waals surface area contributed by atoms with Crippen LogP contribution in [-0.4, -0.2) is 58.3 Å². The highest BCUT2D eigenvalue weighted by Gasteiger charge is 2.15. The molecule has 0 radical (unpaired) electrons. The van der Waals surface area contributed by atoms with Gasteiger partial charge in [-0.15, -0.1) is 0 Å². The highest BCUT2D eigenvalue weighted by molar-refractivity contribution is 5.94. The molecule has 4 heterocycles. The molecule has 8 nitrogen and oxygen atoms in total. The van der Waals surface area contributed by atoms with Crippen LogP contribution in [0.25, 0.3) is 11.1 Å². The second-order valence-electron chi connectivity index (χ2n) is 6.96. The van der Waals surface area contributed by atoms with Gasteiger partial charge in [0.2, 0.25) is 5.95 Å². The number of pyridine rings is 1. The Balaban J connectivity index is 1.39. The summed E-state index contributed by atoms with van der Waals surface area (Å²) in [5, 5.41) is 2.97. The Labute approximate surface area is 169 Å². The van der Waals surface area contributed by atoms with Crippen molar-refractivity contribution >= 4 is 11.9 Å². The molecule has 0 aromatic carbocycles. The molecule has 4 rings (SSSR count). The zero-order valence-corrected chi connectivity index (χ0v) is 16.4. The van der Waals surface area contributed by atoms with Gasteiger partial charge in [0.25, 0.3) is 5.91 Å². The van der Waals surface area contributed by atoms with Crippen molar-refractivity contribution in [3.63, 3.8) is 0 Å². The van der Waals surface area contributed by atoms with Crippen molar-refractivity contribution in [3.05, 3.63) is 60.4 Å². The minimum Gasteiger partial charge on any atom is -0.378 e. The van der Waals surface area contributed by atoms with E-state index in [1.165, 1.54) is 0 Å². The minimum absolute atomic E-state index is 0.103. The number of hydrogen-bond acceptors (Lipinski definition) is 6. The maximum atomic E-state index is 12.6. The maximum absolute atomic E-state index is 12.6. The molecule has 1 saturated heterocycles. The maximum Gasteiger partial charge on any atom is 0.267 e. The van der Waals surface area contributed by atoms with E-state index in [1.54, 1.807) is 18.6 Å². The minimum atomic E-state index is -0.103. The molecule has 0 unspecified atom stereocenters. The molecule has 150 valence electrons. The second-order valence-corrected chi connectivity index (χ2v) is 6.96. The molecule has 1 aliphatic heterocycles. The number of aromatic nitrogens is 4. The molecule has 8 heteroatoms. The summed E-state index contributed by atoms with van der Waals surface area (Å²) in [6, 6.07) is 5.76. The van der Waals surface area contributed by atoms with E-state index in [0.29, 0.717) is 31.4 Å². The van der Waals surface area contributed by atoms with Gasteiger partial charge in [-0.05, 0) is 24.1 Å². The van der Waals surface area contributed by atoms with Gasteiger partial charge in [-0.2, -0.15) is 0 Å². The van der Waals surface area contributed by atoms with Gasteiger partial charge in [0.15, 0.2) is 0 Å². The number of aryl methyl sites for hydroxylation is 1. The fourth-order valence-electron chi connectivity index (χ4n) is 3.30. The van der Waals surface area contributed by atoms with E-state index in [-0.39, 0.29) is 5.91 Å². The van der Waals surface area contributed by atoms with Crippen molar-refractivity contribution in [3.8, 4) is 11.1 Å². The number of carbonyl (C=O) groups is 1. The van der Waals surface area contributed by atoms with Crippen molar-refractivity contribution in [2.75, 3.05) is 37.7 Å². The van der Waals surface area contributed by atoms with Crippen LogP contribution in [0.1, 0.15) is 16.1 Å². The Bertz CT molecular complexity index is 949. The van der Waals surface area contributed by atoms with Crippen molar-refractivity contribution < 1.29 is 9.53 Å². The zero-order valence-electron chi connectivity index (χ0n) is 16.4. The van der Waals surface area contributed by atoms with Gasteiger partial charge in [-0.3, -0.25) is 9.78 Å². The number of ether oxygens (including phenoxy) is 1. The van der Waals surface area contributed by atoms with Gasteiger partial charge in [0.05, 0.1) is 13.2 Å². The van der Waals surface area contributed by atoms with Gasteiger partial charge in [-0.1, -0.05) is 6.07 Å². The van der Waals surface area contributed by atoms with Crippen LogP contribution in [0.5, 0.6) is 0 Å². The highest BCUT2D eigenvalue weighted by Crippen LogP contribution is 2.22. The van der Waals surface area contributed by atoms with Gasteiger partial charge in [-0.25, -0.2) is 9.97 Å². The van der Waals surface area contributed by atoms with Crippen LogP contribution in [0.4, 0.5) is 5.95 Å². The fourth-order valence-corrected chi connectivity index (χ4v) is 3.30. The first-order valence-corrected chi connectivity index (χ1v) is 9.69. The predicted molar refractivity (Wildman–Crippen MR) is 110 cm³/mol. The van der Waals surface area contributed by atoms with Crippen LogP contribution in [0.2, 0.25) is 0 Å². The molecule has 0 aliphatic carbocycles. The average Bonchev–Trinajstić information content (AvgIpc) is 3.17. The summed E-state index contributed by atoms with van der Waals surface area (Å²) in [6.07, 6.45) is 9.82. The fraction of sp³-hybridized carbons (Fsp3) is 0.333. The molecule has 0 atom stereocenters. The van der Waals surface area contributed by atoms with Crippen molar-refractivity contribution in [1.82, 2.24) is 24.8 Å². The molecule has 3 aromatic heterocycles. The number of nitrogens with zero attached hydrogens (tertiary/aromatic N) is 5. The van der Waals surface area contributed by atoms with Crippen LogP contribution in [0, 0.1) is 0 Å². The second kappa shape index (κ2) is 8.83. The lowest BCUT2D eigenvalue weighted by atomic mass is 10.2. The van der Waals surface area contributed by atoms with Crippen LogP contribution in [0.15, 0.2) is 49.2 Å². The third-order valence-electron chi connectivity index (χ3n) is 4.93. The highest BCUT2D eigenvalue weighted by atomic mass is 16.5. The van der Waals surface area contributed by atoms with Gasteiger partial charge in [0, 0.05) is 68.8 Å². The number of anilines is 1. The third kappa shape index (κ3) is 4.60. The number of rotatable bonds is 6. The van der Waals surface area contributed by atoms with E-state index in [9.17, 15) is 4.79 Å². The lowest BCUT2D eigenvalue weighted by Gasteiger charge is -2.26. The van der Waals surface area contributed by atoms with E-state index in [1.807, 2.05) is 42.2 Å². The first-order valence-electron chi connectivity index (χ1n) is 9.69. The summed E-state index contributed by atoms with van der Waals surface area (Å²) in [4.78, 5) is 27.7. The third-order valence-corrected chi connectivity index (χ3v) is 4.93. The van der Waals surface area contributed by atoms with Crippen LogP contribution < -0.4 is 10.2 Å². The lowest BCUT2D eigenvalue weighted by Crippen LogP contribution is -2.37. The summed E-state index contributed by atoms with van der Waals surface area (Å²) in [6.45, 7) is 3.55. The molecule has 29 heavy (non-hydrogen) atoms. The SMILES string of the molecule is Cn1cc(-c2cnc(N3CCOCC3)nc2)cc1C(=O)NCCc1cccnc1. The van der Waals surface area contributed by atoms with E-state index < -0.39 is 0 Å². The molecule has 0 spiro atoms. The Morgan fingerprint density at radius 2 is 1.97 bits per heavy atom. The van der Waals surface area contributed by atoms with Crippen LogP contribution in [-0.2, 0) is 18.2 Å². The Hall–Kier alpha value is -3.26. The molecular formula is C21H24N6O2. The van der Waals surface area contributed by atoms with Gasteiger partial charge in [0.1, 0.15) is 5.69 Å². The predicted octanol–water partition coefficient (Wildman–Crippen LogP) is 1.69. The summed E-state index contributed by atoms with van der Waals surface area (Å²) >= 11 is 0. The van der Waals surface area contributed by atoms with Crippen molar-refractivity contribution in [1.29, 1.82) is 0 Å². The number of amides is 1. The zero-order chi connectivity index (χ0) is 20.1. The Kier molecular flexibility index (Phi) is 5.81. The van der Waals surface area contributed by atoms with Crippen LogP contribution >= 0.6 is 0 Å². The largest absolute Gasteiger partial charge is 0.378 e. The number of hydrogen-bond donors (Lipinski definition) is 1. The summed E-state index contributed by atoms with van der Waals surface area (Å²) in [5.74, 6) is 0.606. The summed E-state index contributed by atoms with van der Waals surface area (Å²) < 4.78 is 7.19. The number of nitrogens with one attached hydrogen (secondary N) is 1. The van der Waals surface area contributed by atoms with Gasteiger partial charge < -0.3 is 19.5 Å². The Morgan fingerprint density at radius 1 is 1.17 bits per heavy atom. The first kappa shape index (κ1) is 19.1. The lowest BCUT2D eigenvalue weighted by molar-refractivity contribution is 0.0946. The van der Waals surface area contributed by atoms with E-state index in [0.717, 1.165) is 36.2 Å². The quantitative estimate of drug-likeness (QED) is 0.687. The molecule has 0 bridgehead atoms. The van der Waals surface area contributed by atoms with Crippen molar-refractivity contribution in [2.45, 2.75) is 6.42 Å². The van der Waals surface area contributed by atoms with Crippen LogP contribution in [0.3, 0.4) is 0 Å². The summed E-state index contributed by atoms with van der Waals surface area (Å²) in [7, 11) is 1.86.